The number of hydrogen-bond acceptors (Lipinski definition) is 7. The maximum Gasteiger partial charge on any atom is 0.258 e. The van der Waals surface area contributed by atoms with E-state index in [-0.39, 0.29) is 46.8 Å². The van der Waals surface area contributed by atoms with Crippen LogP contribution in [0.4, 0.5) is 10.1 Å². The molecule has 3 saturated carbocycles. The van der Waals surface area contributed by atoms with E-state index < -0.39 is 18.1 Å². The summed E-state index contributed by atoms with van der Waals surface area (Å²) in [5.74, 6) is -0.0439. The lowest BCUT2D eigenvalue weighted by Gasteiger charge is -2.71. The number of nitrogens with zero attached hydrogens (tertiary/aromatic N) is 1. The number of ether oxygens (including phenoxy) is 3. The van der Waals surface area contributed by atoms with Gasteiger partial charge < -0.3 is 29.5 Å². The van der Waals surface area contributed by atoms with Gasteiger partial charge in [-0.1, -0.05) is 29.3 Å². The number of fused-ring (bicyclic) bond motifs is 1. The molecule has 2 unspecified atom stereocenters. The fourth-order valence-electron chi connectivity index (χ4n) is 6.08. The molecule has 12 heteroatoms. The van der Waals surface area contributed by atoms with Crippen molar-refractivity contribution in [2.75, 3.05) is 25.2 Å². The third-order valence-corrected chi connectivity index (χ3v) is 8.46. The molecule has 0 radical (unpaired) electrons. The van der Waals surface area contributed by atoms with Gasteiger partial charge in [-0.3, -0.25) is 14.9 Å². The third-order valence-electron chi connectivity index (χ3n) is 7.92. The molecule has 3 N–H and O–H groups in total. The van der Waals surface area contributed by atoms with Crippen LogP contribution in [0.25, 0.3) is 0 Å². The van der Waals surface area contributed by atoms with Crippen molar-refractivity contribution < 1.29 is 33.3 Å². The number of hydrogen-bond donors (Lipinski definition) is 3. The lowest BCUT2D eigenvalue weighted by Crippen LogP contribution is -2.85. The molecule has 4 aliphatic rings. The first-order valence-electron chi connectivity index (χ1n) is 13.3. The standard InChI is InChI=1S/C30H28Cl2FN3O6/c1-40-19-4-2-3-17(9-19)28(39)36-12-25(42-24-8-5-18(31)10-23(24)36)27(38)35-30-14-29(15-30,16-30)34-26(37)13-41-20-6-7-21(32)22(33)11-20/h2-11,25,27,35,38H,12-16H2,1H3,(H,34,37). The van der Waals surface area contributed by atoms with Crippen LogP contribution in [0, 0.1) is 5.82 Å². The summed E-state index contributed by atoms with van der Waals surface area (Å²) in [5, 5.41) is 17.9. The van der Waals surface area contributed by atoms with Crippen LogP contribution >= 0.6 is 23.2 Å². The van der Waals surface area contributed by atoms with Crippen LogP contribution in [-0.4, -0.2) is 60.6 Å². The van der Waals surface area contributed by atoms with E-state index in [2.05, 4.69) is 10.6 Å². The molecule has 2 bridgehead atoms. The van der Waals surface area contributed by atoms with E-state index in [9.17, 15) is 19.1 Å². The monoisotopic (exact) mass is 615 g/mol. The number of anilines is 1. The zero-order chi connectivity index (χ0) is 29.6. The van der Waals surface area contributed by atoms with Gasteiger partial charge in [0.25, 0.3) is 11.8 Å². The zero-order valence-electron chi connectivity index (χ0n) is 22.5. The minimum absolute atomic E-state index is 0.0240. The van der Waals surface area contributed by atoms with Gasteiger partial charge >= 0.3 is 0 Å². The summed E-state index contributed by atoms with van der Waals surface area (Å²) in [6.07, 6.45) is -0.00965. The summed E-state index contributed by atoms with van der Waals surface area (Å²) in [7, 11) is 1.53. The van der Waals surface area contributed by atoms with Gasteiger partial charge in [0.15, 0.2) is 12.7 Å². The normalized spacial score (nSPS) is 24.3. The van der Waals surface area contributed by atoms with Crippen molar-refractivity contribution in [1.29, 1.82) is 0 Å². The van der Waals surface area contributed by atoms with E-state index in [0.29, 0.717) is 47.0 Å². The molecule has 1 aliphatic heterocycles. The van der Waals surface area contributed by atoms with Crippen molar-refractivity contribution >= 4 is 40.7 Å². The fraction of sp³-hybridized carbons (Fsp3) is 0.333. The summed E-state index contributed by atoms with van der Waals surface area (Å²) in [5.41, 5.74) is 0.182. The number of rotatable bonds is 9. The summed E-state index contributed by atoms with van der Waals surface area (Å²) in [6.45, 7) is -0.180. The average Bonchev–Trinajstić information content (AvgIpc) is 2.95. The number of halogens is 3. The molecule has 2 amide bonds. The van der Waals surface area contributed by atoms with Gasteiger partial charge in [0.05, 0.1) is 24.4 Å². The number of methoxy groups -OCH3 is 1. The summed E-state index contributed by atoms with van der Waals surface area (Å²) in [4.78, 5) is 27.6. The van der Waals surface area contributed by atoms with Gasteiger partial charge in [-0.15, -0.1) is 0 Å². The summed E-state index contributed by atoms with van der Waals surface area (Å²) >= 11 is 11.9. The predicted octanol–water partition coefficient (Wildman–Crippen LogP) is 4.33. The van der Waals surface area contributed by atoms with Gasteiger partial charge in [-0.05, 0) is 67.8 Å². The van der Waals surface area contributed by atoms with E-state index in [0.717, 1.165) is 6.07 Å². The molecule has 3 fully saturated rings. The van der Waals surface area contributed by atoms with Gasteiger partial charge in [-0.25, -0.2) is 4.39 Å². The first kappa shape index (κ1) is 28.5. The zero-order valence-corrected chi connectivity index (χ0v) is 24.0. The molecule has 9 nitrogen and oxygen atoms in total. The maximum absolute atomic E-state index is 13.6. The molecule has 0 spiro atoms. The molecule has 3 aliphatic carbocycles. The van der Waals surface area contributed by atoms with Gasteiger partial charge in [0, 0.05) is 27.7 Å². The molecule has 7 rings (SSSR count). The van der Waals surface area contributed by atoms with E-state index in [1.807, 2.05) is 0 Å². The highest BCUT2D eigenvalue weighted by Gasteiger charge is 2.69. The first-order chi connectivity index (χ1) is 20.1. The second-order valence-corrected chi connectivity index (χ2v) is 11.9. The van der Waals surface area contributed by atoms with Crippen LogP contribution in [-0.2, 0) is 4.79 Å². The lowest BCUT2D eigenvalue weighted by molar-refractivity contribution is -0.156. The Kier molecular flexibility index (Phi) is 7.43. The smallest absolute Gasteiger partial charge is 0.258 e. The number of aliphatic hydroxyl groups is 1. The van der Waals surface area contributed by atoms with Crippen molar-refractivity contribution in [2.45, 2.75) is 42.7 Å². The highest BCUT2D eigenvalue weighted by molar-refractivity contribution is 6.31. The van der Waals surface area contributed by atoms with Crippen LogP contribution in [0.1, 0.15) is 29.6 Å². The molecule has 220 valence electrons. The predicted molar refractivity (Wildman–Crippen MR) is 154 cm³/mol. The van der Waals surface area contributed by atoms with Crippen LogP contribution in [0.5, 0.6) is 17.2 Å². The number of aliphatic hydroxyl groups excluding tert-OH is 1. The molecule has 2 atom stereocenters. The highest BCUT2D eigenvalue weighted by atomic mass is 35.5. The molecular formula is C30H28Cl2FN3O6. The van der Waals surface area contributed by atoms with E-state index in [1.165, 1.54) is 19.2 Å². The van der Waals surface area contributed by atoms with E-state index in [4.69, 9.17) is 37.4 Å². The van der Waals surface area contributed by atoms with Crippen molar-refractivity contribution in [3.8, 4) is 17.2 Å². The Morgan fingerprint density at radius 1 is 1.10 bits per heavy atom. The van der Waals surface area contributed by atoms with Crippen molar-refractivity contribution in [2.24, 2.45) is 0 Å². The fourth-order valence-corrected chi connectivity index (χ4v) is 6.36. The molecule has 3 aromatic carbocycles. The largest absolute Gasteiger partial charge is 0.497 e. The van der Waals surface area contributed by atoms with Crippen molar-refractivity contribution in [1.82, 2.24) is 10.6 Å². The molecule has 0 saturated heterocycles. The summed E-state index contributed by atoms with van der Waals surface area (Å²) < 4.78 is 30.4. The molecule has 1 heterocycles. The molecule has 3 aromatic rings. The Bertz CT molecular complexity index is 1540. The van der Waals surface area contributed by atoms with Crippen molar-refractivity contribution in [3.63, 3.8) is 0 Å². The molecule has 42 heavy (non-hydrogen) atoms. The Balaban J connectivity index is 1.07. The van der Waals surface area contributed by atoms with Gasteiger partial charge in [-0.2, -0.15) is 0 Å². The van der Waals surface area contributed by atoms with Crippen LogP contribution < -0.4 is 29.7 Å². The second kappa shape index (κ2) is 10.9. The number of carbonyl (C=O) groups excluding carboxylic acids is 2. The van der Waals surface area contributed by atoms with Gasteiger partial charge in [0.1, 0.15) is 29.3 Å². The Morgan fingerprint density at radius 3 is 2.62 bits per heavy atom. The van der Waals surface area contributed by atoms with Crippen LogP contribution in [0.2, 0.25) is 10.0 Å². The lowest BCUT2D eigenvalue weighted by atomic mass is 9.44. The third kappa shape index (κ3) is 5.47. The Morgan fingerprint density at radius 2 is 1.88 bits per heavy atom. The van der Waals surface area contributed by atoms with Crippen LogP contribution in [0.15, 0.2) is 60.7 Å². The average molecular weight is 616 g/mol. The van der Waals surface area contributed by atoms with E-state index >= 15 is 0 Å². The van der Waals surface area contributed by atoms with Gasteiger partial charge in [0.2, 0.25) is 0 Å². The minimum Gasteiger partial charge on any atom is -0.497 e. The first-order valence-corrected chi connectivity index (χ1v) is 14.1. The minimum atomic E-state index is -1.09. The van der Waals surface area contributed by atoms with Crippen molar-refractivity contribution in [3.05, 3.63) is 82.1 Å². The topological polar surface area (TPSA) is 109 Å². The summed E-state index contributed by atoms with van der Waals surface area (Å²) in [6, 6.07) is 15.8. The number of amides is 2. The highest BCUT2D eigenvalue weighted by Crippen LogP contribution is 2.60. The maximum atomic E-state index is 13.6. The number of benzene rings is 3. The number of nitrogens with one attached hydrogen (secondary N) is 2. The van der Waals surface area contributed by atoms with Crippen LogP contribution in [0.3, 0.4) is 0 Å². The van der Waals surface area contributed by atoms with E-state index in [1.54, 1.807) is 47.4 Å². The number of carbonyl (C=O) groups is 2. The Hall–Kier alpha value is -3.57. The quantitative estimate of drug-likeness (QED) is 0.307. The second-order valence-electron chi connectivity index (χ2n) is 11.0. The molecule has 0 aromatic heterocycles. The Labute approximate surface area is 251 Å². The SMILES string of the molecule is COc1cccc(C(=O)N2CC(C(O)NC34CC(NC(=O)COc5ccc(Cl)c(F)c5)(C3)C4)Oc3ccc(Cl)cc32)c1. The molecular weight excluding hydrogens is 588 g/mol.